The molecule has 0 bridgehead atoms. The van der Waals surface area contributed by atoms with Gasteiger partial charge in [0.15, 0.2) is 0 Å². The molecule has 1 aliphatic rings. The molecular formula is C19H19NO3. The second-order valence-electron chi connectivity index (χ2n) is 5.62. The first-order valence-corrected chi connectivity index (χ1v) is 7.76. The summed E-state index contributed by atoms with van der Waals surface area (Å²) in [7, 11) is 0. The lowest BCUT2D eigenvalue weighted by Gasteiger charge is -2.25. The number of rotatable bonds is 4. The van der Waals surface area contributed by atoms with E-state index >= 15 is 0 Å². The molecule has 0 saturated heterocycles. The fourth-order valence-electron chi connectivity index (χ4n) is 2.97. The highest BCUT2D eigenvalue weighted by Gasteiger charge is 2.38. The van der Waals surface area contributed by atoms with Gasteiger partial charge in [-0.05, 0) is 37.6 Å². The molecule has 0 saturated carbocycles. The number of fused-ring (bicyclic) bond motifs is 1. The van der Waals surface area contributed by atoms with Gasteiger partial charge in [-0.2, -0.15) is 0 Å². The molecule has 4 heteroatoms. The molecule has 1 heterocycles. The van der Waals surface area contributed by atoms with E-state index in [1.165, 1.54) is 0 Å². The Bertz CT molecular complexity index is 737. The molecule has 1 unspecified atom stereocenters. The van der Waals surface area contributed by atoms with E-state index in [2.05, 4.69) is 0 Å². The third-order valence-corrected chi connectivity index (χ3v) is 4.06. The van der Waals surface area contributed by atoms with Crippen molar-refractivity contribution >= 4 is 17.6 Å². The molecule has 0 radical (unpaired) electrons. The topological polar surface area (TPSA) is 46.6 Å². The van der Waals surface area contributed by atoms with Crippen molar-refractivity contribution in [3.63, 3.8) is 0 Å². The largest absolute Gasteiger partial charge is 0.466 e. The van der Waals surface area contributed by atoms with E-state index in [4.69, 9.17) is 4.74 Å². The quantitative estimate of drug-likeness (QED) is 0.810. The Kier molecular flexibility index (Phi) is 4.15. The molecule has 3 rings (SSSR count). The van der Waals surface area contributed by atoms with Gasteiger partial charge < -0.3 is 9.64 Å². The van der Waals surface area contributed by atoms with Crippen LogP contribution in [0.5, 0.6) is 0 Å². The molecule has 118 valence electrons. The maximum Gasteiger partial charge on any atom is 0.308 e. The van der Waals surface area contributed by atoms with Crippen LogP contribution in [0.3, 0.4) is 0 Å². The summed E-state index contributed by atoms with van der Waals surface area (Å²) in [5.41, 5.74) is 3.46. The summed E-state index contributed by atoms with van der Waals surface area (Å²) < 4.78 is 5.08. The predicted octanol–water partition coefficient (Wildman–Crippen LogP) is 3.65. The summed E-state index contributed by atoms with van der Waals surface area (Å²) in [6.45, 7) is 4.12. The van der Waals surface area contributed by atoms with Crippen molar-refractivity contribution in [3.8, 4) is 0 Å². The lowest BCUT2D eigenvalue weighted by atomic mass is 10.0. The zero-order valence-corrected chi connectivity index (χ0v) is 13.3. The van der Waals surface area contributed by atoms with Gasteiger partial charge in [-0.1, -0.05) is 35.9 Å². The van der Waals surface area contributed by atoms with E-state index in [-0.39, 0.29) is 24.3 Å². The summed E-state index contributed by atoms with van der Waals surface area (Å²) >= 11 is 0. The lowest BCUT2D eigenvalue weighted by molar-refractivity contribution is -0.143. The minimum absolute atomic E-state index is 0.0706. The van der Waals surface area contributed by atoms with Gasteiger partial charge in [0, 0.05) is 11.3 Å². The molecule has 0 fully saturated rings. The summed E-state index contributed by atoms with van der Waals surface area (Å²) in [6.07, 6.45) is 0.157. The van der Waals surface area contributed by atoms with Crippen molar-refractivity contribution in [2.24, 2.45) is 0 Å². The number of ether oxygens (including phenoxy) is 1. The van der Waals surface area contributed by atoms with Crippen molar-refractivity contribution in [3.05, 3.63) is 65.2 Å². The van der Waals surface area contributed by atoms with E-state index in [9.17, 15) is 9.59 Å². The van der Waals surface area contributed by atoms with Crippen molar-refractivity contribution in [1.29, 1.82) is 0 Å². The molecule has 0 N–H and O–H groups in total. The molecule has 0 aliphatic carbocycles. The van der Waals surface area contributed by atoms with E-state index in [0.29, 0.717) is 12.2 Å². The number of anilines is 1. The summed E-state index contributed by atoms with van der Waals surface area (Å²) in [4.78, 5) is 26.5. The molecule has 0 spiro atoms. The first-order valence-electron chi connectivity index (χ1n) is 7.76. The van der Waals surface area contributed by atoms with Gasteiger partial charge in [0.1, 0.15) is 0 Å². The Morgan fingerprint density at radius 2 is 1.83 bits per heavy atom. The third-order valence-electron chi connectivity index (χ3n) is 4.06. The van der Waals surface area contributed by atoms with Gasteiger partial charge in [-0.3, -0.25) is 9.59 Å². The van der Waals surface area contributed by atoms with Gasteiger partial charge in [0.05, 0.1) is 19.1 Å². The number of hydrogen-bond donors (Lipinski definition) is 0. The monoisotopic (exact) mass is 309 g/mol. The van der Waals surface area contributed by atoms with Crippen LogP contribution in [0, 0.1) is 6.92 Å². The Hall–Kier alpha value is -2.62. The summed E-state index contributed by atoms with van der Waals surface area (Å²) in [5, 5.41) is 0. The normalized spacial score (nSPS) is 16.3. The number of benzene rings is 2. The SMILES string of the molecule is CCOC(=O)CC1c2ccccc2C(=O)N1c1ccc(C)cc1. The molecular weight excluding hydrogens is 290 g/mol. The highest BCUT2D eigenvalue weighted by Crippen LogP contribution is 2.39. The average molecular weight is 309 g/mol. The third kappa shape index (κ3) is 2.84. The van der Waals surface area contributed by atoms with Gasteiger partial charge in [-0.15, -0.1) is 0 Å². The average Bonchev–Trinajstić information content (AvgIpc) is 2.82. The molecule has 2 aromatic carbocycles. The van der Waals surface area contributed by atoms with Crippen LogP contribution >= 0.6 is 0 Å². The van der Waals surface area contributed by atoms with E-state index < -0.39 is 0 Å². The van der Waals surface area contributed by atoms with E-state index in [1.807, 2.05) is 55.5 Å². The fraction of sp³-hybridized carbons (Fsp3) is 0.263. The number of amides is 1. The van der Waals surface area contributed by atoms with Crippen LogP contribution in [0.1, 0.15) is 40.9 Å². The number of nitrogens with zero attached hydrogens (tertiary/aromatic N) is 1. The maximum atomic E-state index is 12.8. The van der Waals surface area contributed by atoms with Crippen LogP contribution in [-0.2, 0) is 9.53 Å². The number of carbonyl (C=O) groups is 2. The number of carbonyl (C=O) groups excluding carboxylic acids is 2. The highest BCUT2D eigenvalue weighted by atomic mass is 16.5. The Morgan fingerprint density at radius 1 is 1.13 bits per heavy atom. The van der Waals surface area contributed by atoms with Crippen LogP contribution in [0.15, 0.2) is 48.5 Å². The van der Waals surface area contributed by atoms with Gasteiger partial charge in [0.2, 0.25) is 0 Å². The fourth-order valence-corrected chi connectivity index (χ4v) is 2.97. The molecule has 1 atom stereocenters. The van der Waals surface area contributed by atoms with Gasteiger partial charge >= 0.3 is 5.97 Å². The number of aryl methyl sites for hydroxylation is 1. The van der Waals surface area contributed by atoms with Crippen LogP contribution < -0.4 is 4.90 Å². The van der Waals surface area contributed by atoms with Crippen LogP contribution in [0.25, 0.3) is 0 Å². The van der Waals surface area contributed by atoms with Gasteiger partial charge in [-0.25, -0.2) is 0 Å². The zero-order chi connectivity index (χ0) is 16.4. The molecule has 0 aromatic heterocycles. The Balaban J connectivity index is 2.00. The molecule has 1 amide bonds. The Morgan fingerprint density at radius 3 is 2.52 bits per heavy atom. The van der Waals surface area contributed by atoms with Crippen LogP contribution in [-0.4, -0.2) is 18.5 Å². The Labute approximate surface area is 135 Å². The minimum atomic E-state index is -0.319. The minimum Gasteiger partial charge on any atom is -0.466 e. The first-order chi connectivity index (χ1) is 11.1. The van der Waals surface area contributed by atoms with Crippen molar-refractivity contribution in [1.82, 2.24) is 0 Å². The smallest absolute Gasteiger partial charge is 0.308 e. The molecule has 23 heavy (non-hydrogen) atoms. The summed E-state index contributed by atoms with van der Waals surface area (Å²) in [6, 6.07) is 14.9. The first kappa shape index (κ1) is 15.3. The van der Waals surface area contributed by atoms with Crippen LogP contribution in [0.2, 0.25) is 0 Å². The molecule has 2 aromatic rings. The second-order valence-corrected chi connectivity index (χ2v) is 5.62. The van der Waals surface area contributed by atoms with Crippen molar-refractivity contribution < 1.29 is 14.3 Å². The standard InChI is InChI=1S/C19H19NO3/c1-3-23-18(21)12-17-15-6-4-5-7-16(15)19(22)20(17)14-10-8-13(2)9-11-14/h4-11,17H,3,12H2,1-2H3. The van der Waals surface area contributed by atoms with Gasteiger partial charge in [0.25, 0.3) is 5.91 Å². The number of hydrogen-bond acceptors (Lipinski definition) is 3. The summed E-state index contributed by atoms with van der Waals surface area (Å²) in [5.74, 6) is -0.363. The van der Waals surface area contributed by atoms with Crippen LogP contribution in [0.4, 0.5) is 5.69 Å². The highest BCUT2D eigenvalue weighted by molar-refractivity contribution is 6.11. The molecule has 1 aliphatic heterocycles. The van der Waals surface area contributed by atoms with E-state index in [1.54, 1.807) is 11.8 Å². The van der Waals surface area contributed by atoms with Crippen molar-refractivity contribution in [2.45, 2.75) is 26.3 Å². The second kappa shape index (κ2) is 6.24. The predicted molar refractivity (Wildman–Crippen MR) is 88.4 cm³/mol. The van der Waals surface area contributed by atoms with Crippen molar-refractivity contribution in [2.75, 3.05) is 11.5 Å². The lowest BCUT2D eigenvalue weighted by Crippen LogP contribution is -2.29. The molecule has 4 nitrogen and oxygen atoms in total. The zero-order valence-electron chi connectivity index (χ0n) is 13.3. The number of esters is 1. The maximum absolute atomic E-state index is 12.8. The van der Waals surface area contributed by atoms with E-state index in [0.717, 1.165) is 16.8 Å².